The molecule has 1 saturated heterocycles. The van der Waals surface area contributed by atoms with E-state index in [4.69, 9.17) is 0 Å². The lowest BCUT2D eigenvalue weighted by Crippen LogP contribution is -2.59. The van der Waals surface area contributed by atoms with Crippen LogP contribution in [0.1, 0.15) is 25.3 Å². The zero-order valence-corrected chi connectivity index (χ0v) is 20.2. The van der Waals surface area contributed by atoms with Crippen LogP contribution in [0.2, 0.25) is 0 Å². The summed E-state index contributed by atoms with van der Waals surface area (Å²) in [5, 5.41) is 10.9. The van der Waals surface area contributed by atoms with E-state index >= 15 is 0 Å². The maximum atomic E-state index is 13.5. The molecule has 4 rings (SSSR count). The lowest BCUT2D eigenvalue weighted by atomic mass is 10.0. The number of nitrogens with one attached hydrogen (secondary N) is 1. The van der Waals surface area contributed by atoms with Gasteiger partial charge in [-0.15, -0.1) is 0 Å². The molecule has 2 aromatic carbocycles. The Balaban J connectivity index is 1.52. The molecule has 1 heterocycles. The molecule has 10 nitrogen and oxygen atoms in total. The molecule has 2 aliphatic rings. The molecule has 1 saturated carbocycles. The highest BCUT2D eigenvalue weighted by molar-refractivity contribution is 7.89. The minimum atomic E-state index is -4.13. The van der Waals surface area contributed by atoms with Gasteiger partial charge in [-0.3, -0.25) is 19.7 Å². The van der Waals surface area contributed by atoms with Gasteiger partial charge in [-0.25, -0.2) is 8.42 Å². The highest BCUT2D eigenvalue weighted by Crippen LogP contribution is 2.32. The molecule has 11 heteroatoms. The Hall–Kier alpha value is -3.31. The minimum Gasteiger partial charge on any atom is -0.337 e. The fraction of sp³-hybridized carbons (Fsp3) is 0.417. The van der Waals surface area contributed by atoms with Crippen LogP contribution in [0.5, 0.6) is 0 Å². The first-order valence-electron chi connectivity index (χ1n) is 11.6. The van der Waals surface area contributed by atoms with Gasteiger partial charge < -0.3 is 9.80 Å². The van der Waals surface area contributed by atoms with Crippen LogP contribution in [0.3, 0.4) is 0 Å². The van der Waals surface area contributed by atoms with Crippen LogP contribution in [-0.4, -0.2) is 66.7 Å². The van der Waals surface area contributed by atoms with Crippen LogP contribution in [0.25, 0.3) is 0 Å². The molecule has 2 fully saturated rings. The van der Waals surface area contributed by atoms with E-state index in [1.54, 1.807) is 4.90 Å². The smallest absolute Gasteiger partial charge is 0.269 e. The molecule has 2 amide bonds. The summed E-state index contributed by atoms with van der Waals surface area (Å²) >= 11 is 0. The van der Waals surface area contributed by atoms with E-state index in [1.165, 1.54) is 0 Å². The molecule has 1 aliphatic heterocycles. The first-order chi connectivity index (χ1) is 16.7. The summed E-state index contributed by atoms with van der Waals surface area (Å²) in [4.78, 5) is 39.6. The largest absolute Gasteiger partial charge is 0.337 e. The summed E-state index contributed by atoms with van der Waals surface area (Å²) in [7, 11) is -4.13. The maximum absolute atomic E-state index is 13.5. The summed E-state index contributed by atoms with van der Waals surface area (Å²) in [6.07, 6.45) is 1.96. The van der Waals surface area contributed by atoms with Crippen molar-refractivity contribution in [1.82, 2.24) is 14.5 Å². The van der Waals surface area contributed by atoms with Crippen molar-refractivity contribution < 1.29 is 22.9 Å². The molecule has 186 valence electrons. The van der Waals surface area contributed by atoms with Gasteiger partial charge in [0.2, 0.25) is 21.8 Å². The zero-order valence-electron chi connectivity index (χ0n) is 19.4. The van der Waals surface area contributed by atoms with Crippen LogP contribution >= 0.6 is 0 Å². The van der Waals surface area contributed by atoms with E-state index in [-0.39, 0.29) is 40.8 Å². The van der Waals surface area contributed by atoms with E-state index in [0.717, 1.165) is 42.7 Å². The Kier molecular flexibility index (Phi) is 7.18. The molecule has 0 bridgehead atoms. The monoisotopic (exact) mass is 500 g/mol. The average Bonchev–Trinajstić information content (AvgIpc) is 3.69. The molecular formula is C24H28N4O6S. The van der Waals surface area contributed by atoms with Crippen LogP contribution in [0.4, 0.5) is 5.69 Å². The zero-order chi connectivity index (χ0) is 25.2. The first-order valence-corrected chi connectivity index (χ1v) is 13.0. The number of nitro benzene ring substituents is 1. The van der Waals surface area contributed by atoms with Crippen molar-refractivity contribution in [2.24, 2.45) is 5.92 Å². The van der Waals surface area contributed by atoms with Crippen molar-refractivity contribution >= 4 is 27.5 Å². The van der Waals surface area contributed by atoms with Gasteiger partial charge in [0.15, 0.2) is 0 Å². The maximum Gasteiger partial charge on any atom is 0.269 e. The standard InChI is InChI=1S/C24H28N4O6S/c1-17-16-26(13-14-27(17)23(29)19-7-8-19)24(30)22(15-18-5-3-2-4-6-18)25-35(33,34)21-11-9-20(10-12-21)28(31)32/h2-6,9-12,17,19,22,25H,7-8,13-16H2,1H3. The SMILES string of the molecule is CC1CN(C(=O)C(Cc2ccccc2)NS(=O)(=O)c2ccc([N+](=O)[O-])cc2)CCN1C(=O)C1CC1. The normalized spacial score (nSPS) is 19.3. The Labute approximate surface area is 204 Å². The van der Waals surface area contributed by atoms with Crippen molar-refractivity contribution in [3.8, 4) is 0 Å². The molecular weight excluding hydrogens is 472 g/mol. The number of amides is 2. The van der Waals surface area contributed by atoms with Gasteiger partial charge in [0, 0.05) is 43.7 Å². The van der Waals surface area contributed by atoms with E-state index in [0.29, 0.717) is 19.6 Å². The third-order valence-electron chi connectivity index (χ3n) is 6.38. The van der Waals surface area contributed by atoms with E-state index in [9.17, 15) is 28.1 Å². The van der Waals surface area contributed by atoms with E-state index in [2.05, 4.69) is 4.72 Å². The van der Waals surface area contributed by atoms with Crippen molar-refractivity contribution in [2.75, 3.05) is 19.6 Å². The van der Waals surface area contributed by atoms with Crippen LogP contribution in [-0.2, 0) is 26.0 Å². The summed E-state index contributed by atoms with van der Waals surface area (Å²) in [6, 6.07) is 12.4. The molecule has 1 N–H and O–H groups in total. The summed E-state index contributed by atoms with van der Waals surface area (Å²) < 4.78 is 28.7. The predicted octanol–water partition coefficient (Wildman–Crippen LogP) is 1.95. The van der Waals surface area contributed by atoms with Gasteiger partial charge >= 0.3 is 0 Å². The number of non-ortho nitro benzene ring substituents is 1. The second kappa shape index (κ2) is 10.1. The van der Waals surface area contributed by atoms with Crippen LogP contribution in [0, 0.1) is 16.0 Å². The van der Waals surface area contributed by atoms with Gasteiger partial charge in [0.1, 0.15) is 6.04 Å². The lowest BCUT2D eigenvalue weighted by molar-refractivity contribution is -0.384. The topological polar surface area (TPSA) is 130 Å². The van der Waals surface area contributed by atoms with Gasteiger partial charge in [-0.05, 0) is 43.9 Å². The highest BCUT2D eigenvalue weighted by atomic mass is 32.2. The van der Waals surface area contributed by atoms with Crippen LogP contribution < -0.4 is 4.72 Å². The second-order valence-corrected chi connectivity index (χ2v) is 10.8. The van der Waals surface area contributed by atoms with Gasteiger partial charge in [0.05, 0.1) is 9.82 Å². The number of piperazine rings is 1. The van der Waals surface area contributed by atoms with Crippen molar-refractivity contribution in [1.29, 1.82) is 0 Å². The number of carbonyl (C=O) groups is 2. The van der Waals surface area contributed by atoms with Crippen LogP contribution in [0.15, 0.2) is 59.5 Å². The van der Waals surface area contributed by atoms with E-state index < -0.39 is 21.0 Å². The highest BCUT2D eigenvalue weighted by Gasteiger charge is 2.39. The van der Waals surface area contributed by atoms with Crippen molar-refractivity contribution in [3.63, 3.8) is 0 Å². The third-order valence-corrected chi connectivity index (χ3v) is 7.87. The predicted molar refractivity (Wildman–Crippen MR) is 128 cm³/mol. The third kappa shape index (κ3) is 5.85. The summed E-state index contributed by atoms with van der Waals surface area (Å²) in [6.45, 7) is 2.95. The van der Waals surface area contributed by atoms with Crippen molar-refractivity contribution in [3.05, 3.63) is 70.3 Å². The lowest BCUT2D eigenvalue weighted by Gasteiger charge is -2.41. The minimum absolute atomic E-state index is 0.0963. The fourth-order valence-corrected chi connectivity index (χ4v) is 5.49. The summed E-state index contributed by atoms with van der Waals surface area (Å²) in [5.74, 6) is -0.145. The Morgan fingerprint density at radius 2 is 1.74 bits per heavy atom. The Bertz CT molecular complexity index is 1200. The number of rotatable bonds is 8. The van der Waals surface area contributed by atoms with Crippen molar-refractivity contribution in [2.45, 2.75) is 43.2 Å². The number of carbonyl (C=O) groups excluding carboxylic acids is 2. The summed E-state index contributed by atoms with van der Waals surface area (Å²) in [5.41, 5.74) is 0.557. The van der Waals surface area contributed by atoms with Gasteiger partial charge in [-0.1, -0.05) is 30.3 Å². The molecule has 1 aliphatic carbocycles. The fourth-order valence-electron chi connectivity index (χ4n) is 4.30. The number of hydrogen-bond donors (Lipinski definition) is 1. The Morgan fingerprint density at radius 1 is 1.09 bits per heavy atom. The molecule has 2 atom stereocenters. The first kappa shape index (κ1) is 24.8. The number of sulfonamides is 1. The molecule has 35 heavy (non-hydrogen) atoms. The molecule has 0 spiro atoms. The Morgan fingerprint density at radius 3 is 2.31 bits per heavy atom. The van der Waals surface area contributed by atoms with E-state index in [1.807, 2.05) is 42.2 Å². The van der Waals surface area contributed by atoms with Gasteiger partial charge in [0.25, 0.3) is 5.69 Å². The van der Waals surface area contributed by atoms with Gasteiger partial charge in [-0.2, -0.15) is 4.72 Å². The molecule has 2 unspecified atom stereocenters. The average molecular weight is 501 g/mol. The number of benzene rings is 2. The number of hydrogen-bond acceptors (Lipinski definition) is 6. The molecule has 0 radical (unpaired) electrons. The number of nitrogens with zero attached hydrogens (tertiary/aromatic N) is 3. The second-order valence-electron chi connectivity index (χ2n) is 9.05. The quantitative estimate of drug-likeness (QED) is 0.436. The molecule has 2 aromatic rings. The molecule has 0 aromatic heterocycles. The number of nitro groups is 1.